The van der Waals surface area contributed by atoms with Crippen molar-refractivity contribution in [2.75, 3.05) is 0 Å². The Hall–Kier alpha value is -0.215. The molecule has 59 valence electrons. The third-order valence-electron chi connectivity index (χ3n) is 0.804. The molecular formula is C6H6BCl2O2. The largest absolute Gasteiger partial charge is 0.482 e. The average Bonchev–Trinajstić information content (AvgIpc) is 1.97. The van der Waals surface area contributed by atoms with E-state index >= 15 is 0 Å². The first kappa shape index (κ1) is 10.8. The van der Waals surface area contributed by atoms with E-state index < -0.39 is 0 Å². The van der Waals surface area contributed by atoms with Crippen molar-refractivity contribution in [3.63, 3.8) is 0 Å². The summed E-state index contributed by atoms with van der Waals surface area (Å²) in [4.78, 5) is 0. The first-order chi connectivity index (χ1) is 5.20. The van der Waals surface area contributed by atoms with Crippen LogP contribution in [0.3, 0.4) is 0 Å². The van der Waals surface area contributed by atoms with E-state index in [9.17, 15) is 0 Å². The molecule has 0 aliphatic rings. The van der Waals surface area contributed by atoms with Crippen LogP contribution in [-0.4, -0.2) is 17.7 Å². The van der Waals surface area contributed by atoms with Crippen LogP contribution in [0.25, 0.3) is 0 Å². The number of rotatable bonds is 0. The molecule has 0 saturated heterocycles. The van der Waals surface area contributed by atoms with Crippen LogP contribution < -0.4 is 0 Å². The van der Waals surface area contributed by atoms with Gasteiger partial charge >= 0.3 is 7.69 Å². The Morgan fingerprint density at radius 3 is 1.27 bits per heavy atom. The molecule has 1 rings (SSSR count). The van der Waals surface area contributed by atoms with E-state index in [1.54, 1.807) is 24.3 Å². The minimum absolute atomic E-state index is 0. The molecule has 0 spiro atoms. The minimum Gasteiger partial charge on any atom is -0.429 e. The summed E-state index contributed by atoms with van der Waals surface area (Å²) in [5, 5.41) is 15.4. The molecule has 1 aromatic carbocycles. The maximum atomic E-state index is 7.00. The summed E-state index contributed by atoms with van der Waals surface area (Å²) in [6, 6.07) is 7.02. The van der Waals surface area contributed by atoms with Crippen molar-refractivity contribution in [1.82, 2.24) is 0 Å². The van der Waals surface area contributed by atoms with Gasteiger partial charge in [0.25, 0.3) is 0 Å². The quantitative estimate of drug-likeness (QED) is 0.611. The molecule has 0 amide bonds. The standard InChI is InChI=1S/C6H4Cl2.BH2O2/c7-5-1-2-6(8)4-3-5;2-1-3/h1-4H;2-3H. The number of hydrogen-bond donors (Lipinski definition) is 2. The molecule has 11 heavy (non-hydrogen) atoms. The molecule has 0 saturated carbocycles. The first-order valence-electron chi connectivity index (χ1n) is 2.72. The molecule has 0 aliphatic carbocycles. The highest BCUT2D eigenvalue weighted by atomic mass is 35.5. The van der Waals surface area contributed by atoms with E-state index in [0.717, 1.165) is 10.0 Å². The summed E-state index contributed by atoms with van der Waals surface area (Å²) >= 11 is 11.1. The van der Waals surface area contributed by atoms with Crippen molar-refractivity contribution in [2.24, 2.45) is 0 Å². The van der Waals surface area contributed by atoms with Gasteiger partial charge < -0.3 is 10.0 Å². The molecule has 0 heterocycles. The van der Waals surface area contributed by atoms with Gasteiger partial charge in [0.15, 0.2) is 0 Å². The maximum absolute atomic E-state index is 7.00. The predicted octanol–water partition coefficient (Wildman–Crippen LogP) is 1.50. The fourth-order valence-corrected chi connectivity index (χ4v) is 0.682. The van der Waals surface area contributed by atoms with Crippen LogP contribution in [0, 0.1) is 0 Å². The fraction of sp³-hybridized carbons (Fsp3) is 0. The number of hydrogen-bond acceptors (Lipinski definition) is 2. The van der Waals surface area contributed by atoms with Crippen LogP contribution in [0.5, 0.6) is 0 Å². The monoisotopic (exact) mass is 191 g/mol. The molecule has 5 heteroatoms. The second-order valence-electron chi connectivity index (χ2n) is 1.55. The van der Waals surface area contributed by atoms with E-state index in [2.05, 4.69) is 0 Å². The molecule has 2 N–H and O–H groups in total. The Morgan fingerprint density at radius 1 is 0.909 bits per heavy atom. The third kappa shape index (κ3) is 6.19. The van der Waals surface area contributed by atoms with Crippen LogP contribution in [0.1, 0.15) is 0 Å². The lowest BCUT2D eigenvalue weighted by Gasteiger charge is -1.86. The second kappa shape index (κ2) is 6.49. The van der Waals surface area contributed by atoms with Crippen molar-refractivity contribution in [2.45, 2.75) is 0 Å². The Kier molecular flexibility index (Phi) is 6.37. The summed E-state index contributed by atoms with van der Waals surface area (Å²) in [7, 11) is 0. The lowest BCUT2D eigenvalue weighted by atomic mass is 10.4. The summed E-state index contributed by atoms with van der Waals surface area (Å²) in [6.07, 6.45) is 0. The Labute approximate surface area is 75.7 Å². The molecule has 1 aromatic rings. The van der Waals surface area contributed by atoms with Gasteiger partial charge in [-0.25, -0.2) is 0 Å². The van der Waals surface area contributed by atoms with Crippen molar-refractivity contribution < 1.29 is 10.0 Å². The topological polar surface area (TPSA) is 40.5 Å². The zero-order valence-corrected chi connectivity index (χ0v) is 7.05. The van der Waals surface area contributed by atoms with Gasteiger partial charge in [0, 0.05) is 10.0 Å². The molecule has 1 radical (unpaired) electrons. The van der Waals surface area contributed by atoms with Gasteiger partial charge in [-0.3, -0.25) is 0 Å². The van der Waals surface area contributed by atoms with Gasteiger partial charge in [0.05, 0.1) is 0 Å². The van der Waals surface area contributed by atoms with Gasteiger partial charge in [0.2, 0.25) is 0 Å². The summed E-state index contributed by atoms with van der Waals surface area (Å²) in [5.41, 5.74) is 0. The van der Waals surface area contributed by atoms with Gasteiger partial charge in [-0.2, -0.15) is 0 Å². The lowest BCUT2D eigenvalue weighted by Crippen LogP contribution is -1.75. The molecule has 2 nitrogen and oxygen atoms in total. The Bertz CT molecular complexity index is 169. The molecule has 0 aliphatic heterocycles. The average molecular weight is 192 g/mol. The molecule has 0 atom stereocenters. The molecule has 0 aromatic heterocycles. The highest BCUT2D eigenvalue weighted by Gasteiger charge is 1.83. The normalized spacial score (nSPS) is 8.00. The molecule has 0 fully saturated rings. The van der Waals surface area contributed by atoms with Crippen LogP contribution in [0.15, 0.2) is 24.3 Å². The van der Waals surface area contributed by atoms with E-state index in [1.165, 1.54) is 0 Å². The third-order valence-corrected chi connectivity index (χ3v) is 1.31. The maximum Gasteiger partial charge on any atom is 0.482 e. The van der Waals surface area contributed by atoms with Crippen LogP contribution in [-0.2, 0) is 0 Å². The van der Waals surface area contributed by atoms with Crippen molar-refractivity contribution in [3.8, 4) is 0 Å². The molecule has 0 bridgehead atoms. The number of halogens is 2. The van der Waals surface area contributed by atoms with Crippen LogP contribution >= 0.6 is 23.2 Å². The zero-order chi connectivity index (χ0) is 8.69. The predicted molar refractivity (Wildman–Crippen MR) is 46.7 cm³/mol. The second-order valence-corrected chi connectivity index (χ2v) is 2.42. The van der Waals surface area contributed by atoms with Crippen molar-refractivity contribution in [1.29, 1.82) is 0 Å². The molecule has 0 unspecified atom stereocenters. The van der Waals surface area contributed by atoms with Crippen LogP contribution in [0.2, 0.25) is 10.0 Å². The van der Waals surface area contributed by atoms with Gasteiger partial charge in [-0.1, -0.05) is 23.2 Å². The first-order valence-corrected chi connectivity index (χ1v) is 3.47. The van der Waals surface area contributed by atoms with E-state index in [-0.39, 0.29) is 7.69 Å². The zero-order valence-electron chi connectivity index (χ0n) is 5.54. The minimum atomic E-state index is 0. The van der Waals surface area contributed by atoms with E-state index in [1.807, 2.05) is 0 Å². The fourth-order valence-electron chi connectivity index (χ4n) is 0.430. The highest BCUT2D eigenvalue weighted by Crippen LogP contribution is 2.12. The summed E-state index contributed by atoms with van der Waals surface area (Å²) in [6.45, 7) is 0. The summed E-state index contributed by atoms with van der Waals surface area (Å²) in [5.74, 6) is 0. The summed E-state index contributed by atoms with van der Waals surface area (Å²) < 4.78 is 0. The lowest BCUT2D eigenvalue weighted by molar-refractivity contribution is 0.448. The van der Waals surface area contributed by atoms with E-state index in [0.29, 0.717) is 0 Å². The van der Waals surface area contributed by atoms with Crippen molar-refractivity contribution >= 4 is 30.9 Å². The van der Waals surface area contributed by atoms with Crippen molar-refractivity contribution in [3.05, 3.63) is 34.3 Å². The van der Waals surface area contributed by atoms with Gasteiger partial charge in [-0.15, -0.1) is 0 Å². The SMILES string of the molecule is Clc1ccc(Cl)cc1.O[B]O. The smallest absolute Gasteiger partial charge is 0.429 e. The van der Waals surface area contributed by atoms with Crippen LogP contribution in [0.4, 0.5) is 0 Å². The van der Waals surface area contributed by atoms with Gasteiger partial charge in [-0.05, 0) is 24.3 Å². The Morgan fingerprint density at radius 2 is 1.09 bits per heavy atom. The molecular weight excluding hydrogens is 186 g/mol. The Balaban J connectivity index is 0.000000292. The van der Waals surface area contributed by atoms with Gasteiger partial charge in [0.1, 0.15) is 0 Å². The number of benzene rings is 1. The van der Waals surface area contributed by atoms with E-state index in [4.69, 9.17) is 33.2 Å². The highest BCUT2D eigenvalue weighted by molar-refractivity contribution is 6.32.